The second-order valence-electron chi connectivity index (χ2n) is 7.45. The van der Waals surface area contributed by atoms with Gasteiger partial charge >= 0.3 is 5.97 Å². The Kier molecular flexibility index (Phi) is 3.14. The number of allylic oxidation sites excluding steroid dienone is 2. The zero-order chi connectivity index (χ0) is 14.5. The van der Waals surface area contributed by atoms with Crippen LogP contribution in [0.3, 0.4) is 0 Å². The largest absolute Gasteiger partial charge is 0.481 e. The van der Waals surface area contributed by atoms with Gasteiger partial charge in [0.05, 0.1) is 11.8 Å². The summed E-state index contributed by atoms with van der Waals surface area (Å²) in [6, 6.07) is 0.218. The molecule has 1 amide bonds. The number of amides is 1. The molecule has 20 heavy (non-hydrogen) atoms. The van der Waals surface area contributed by atoms with E-state index in [1.54, 1.807) is 0 Å². The first-order chi connectivity index (χ1) is 9.37. The van der Waals surface area contributed by atoms with Gasteiger partial charge < -0.3 is 10.4 Å². The number of carbonyl (C=O) groups is 2. The molecule has 3 aliphatic rings. The zero-order valence-electron chi connectivity index (χ0n) is 12.1. The lowest BCUT2D eigenvalue weighted by Gasteiger charge is -2.26. The molecular formula is C16H23NO3. The fourth-order valence-corrected chi connectivity index (χ4v) is 4.37. The third-order valence-electron chi connectivity index (χ3n) is 5.36. The van der Waals surface area contributed by atoms with E-state index >= 15 is 0 Å². The summed E-state index contributed by atoms with van der Waals surface area (Å²) < 4.78 is 0. The molecule has 0 aliphatic heterocycles. The number of hydrogen-bond donors (Lipinski definition) is 2. The molecule has 0 aromatic rings. The Labute approximate surface area is 119 Å². The average molecular weight is 277 g/mol. The summed E-state index contributed by atoms with van der Waals surface area (Å²) in [7, 11) is 0. The Hall–Kier alpha value is -1.32. The smallest absolute Gasteiger partial charge is 0.307 e. The Morgan fingerprint density at radius 2 is 1.85 bits per heavy atom. The molecular weight excluding hydrogens is 254 g/mol. The standard InChI is InChI=1S/C16H23NO3/c1-16(2)6-5-11(8-16)17-14(18)12-9-3-4-10(7-9)13(12)15(19)20/h3-4,9-13H,5-8H2,1-2H3,(H,17,18)(H,19,20). The van der Waals surface area contributed by atoms with E-state index in [-0.39, 0.29) is 29.7 Å². The van der Waals surface area contributed by atoms with Crippen LogP contribution in [0.25, 0.3) is 0 Å². The van der Waals surface area contributed by atoms with Crippen LogP contribution in [-0.2, 0) is 9.59 Å². The number of fused-ring (bicyclic) bond motifs is 2. The second kappa shape index (κ2) is 4.61. The number of aliphatic carboxylic acids is 1. The molecule has 5 unspecified atom stereocenters. The van der Waals surface area contributed by atoms with Gasteiger partial charge in [0.25, 0.3) is 0 Å². The van der Waals surface area contributed by atoms with Gasteiger partial charge in [-0.05, 0) is 42.9 Å². The number of carboxylic acids is 1. The van der Waals surface area contributed by atoms with Crippen molar-refractivity contribution in [2.24, 2.45) is 29.1 Å². The van der Waals surface area contributed by atoms with Gasteiger partial charge in [-0.25, -0.2) is 0 Å². The van der Waals surface area contributed by atoms with Gasteiger partial charge in [0.15, 0.2) is 0 Å². The minimum absolute atomic E-state index is 0.0445. The predicted molar refractivity (Wildman–Crippen MR) is 74.9 cm³/mol. The van der Waals surface area contributed by atoms with Crippen LogP contribution in [0.15, 0.2) is 12.2 Å². The highest BCUT2D eigenvalue weighted by Crippen LogP contribution is 2.48. The lowest BCUT2D eigenvalue weighted by molar-refractivity contribution is -0.148. The summed E-state index contributed by atoms with van der Waals surface area (Å²) in [5, 5.41) is 12.5. The van der Waals surface area contributed by atoms with E-state index in [4.69, 9.17) is 0 Å². The summed E-state index contributed by atoms with van der Waals surface area (Å²) in [5.41, 5.74) is 0.290. The molecule has 2 bridgehead atoms. The quantitative estimate of drug-likeness (QED) is 0.777. The van der Waals surface area contributed by atoms with E-state index in [9.17, 15) is 14.7 Å². The van der Waals surface area contributed by atoms with Gasteiger partial charge in [-0.15, -0.1) is 0 Å². The number of hydrogen-bond acceptors (Lipinski definition) is 2. The lowest BCUT2D eigenvalue weighted by Crippen LogP contribution is -2.43. The Morgan fingerprint density at radius 3 is 2.40 bits per heavy atom. The van der Waals surface area contributed by atoms with Gasteiger partial charge in [0.1, 0.15) is 0 Å². The number of rotatable bonds is 3. The molecule has 0 radical (unpaired) electrons. The molecule has 110 valence electrons. The number of carbonyl (C=O) groups excluding carboxylic acids is 1. The van der Waals surface area contributed by atoms with Crippen LogP contribution in [-0.4, -0.2) is 23.0 Å². The molecule has 4 nitrogen and oxygen atoms in total. The Balaban J connectivity index is 1.68. The fraction of sp³-hybridized carbons (Fsp3) is 0.750. The van der Waals surface area contributed by atoms with Crippen molar-refractivity contribution in [1.82, 2.24) is 5.32 Å². The molecule has 2 fully saturated rings. The van der Waals surface area contributed by atoms with Crippen molar-refractivity contribution in [3.8, 4) is 0 Å². The molecule has 2 N–H and O–H groups in total. The van der Waals surface area contributed by atoms with E-state index in [0.29, 0.717) is 5.41 Å². The van der Waals surface area contributed by atoms with Crippen LogP contribution in [0.5, 0.6) is 0 Å². The Morgan fingerprint density at radius 1 is 1.20 bits per heavy atom. The molecule has 0 aromatic carbocycles. The van der Waals surface area contributed by atoms with E-state index in [2.05, 4.69) is 19.2 Å². The van der Waals surface area contributed by atoms with Gasteiger partial charge in [0, 0.05) is 6.04 Å². The highest BCUT2D eigenvalue weighted by atomic mass is 16.4. The Bertz CT molecular complexity index is 468. The van der Waals surface area contributed by atoms with E-state index in [1.165, 1.54) is 0 Å². The summed E-state index contributed by atoms with van der Waals surface area (Å²) >= 11 is 0. The minimum Gasteiger partial charge on any atom is -0.481 e. The van der Waals surface area contributed by atoms with Crippen LogP contribution in [0.2, 0.25) is 0 Å². The molecule has 5 atom stereocenters. The van der Waals surface area contributed by atoms with Crippen LogP contribution < -0.4 is 5.32 Å². The van der Waals surface area contributed by atoms with E-state index < -0.39 is 11.9 Å². The van der Waals surface area contributed by atoms with Crippen molar-refractivity contribution < 1.29 is 14.7 Å². The highest BCUT2D eigenvalue weighted by Gasteiger charge is 2.52. The summed E-state index contributed by atoms with van der Waals surface area (Å²) in [5.74, 6) is -1.60. The summed E-state index contributed by atoms with van der Waals surface area (Å²) in [6.45, 7) is 4.44. The first-order valence-corrected chi connectivity index (χ1v) is 7.59. The third-order valence-corrected chi connectivity index (χ3v) is 5.36. The van der Waals surface area contributed by atoms with Crippen LogP contribution in [0.4, 0.5) is 0 Å². The van der Waals surface area contributed by atoms with Gasteiger partial charge in [-0.2, -0.15) is 0 Å². The maximum Gasteiger partial charge on any atom is 0.307 e. The number of carboxylic acid groups (broad SMARTS) is 1. The predicted octanol–water partition coefficient (Wildman–Crippen LogP) is 2.20. The van der Waals surface area contributed by atoms with Crippen LogP contribution in [0, 0.1) is 29.1 Å². The fourth-order valence-electron chi connectivity index (χ4n) is 4.37. The summed E-state index contributed by atoms with van der Waals surface area (Å²) in [4.78, 5) is 23.9. The monoisotopic (exact) mass is 277 g/mol. The van der Waals surface area contributed by atoms with Gasteiger partial charge in [0.2, 0.25) is 5.91 Å². The van der Waals surface area contributed by atoms with Gasteiger partial charge in [-0.3, -0.25) is 9.59 Å². The maximum atomic E-state index is 12.5. The van der Waals surface area contributed by atoms with Crippen molar-refractivity contribution >= 4 is 11.9 Å². The van der Waals surface area contributed by atoms with Crippen molar-refractivity contribution in [3.05, 3.63) is 12.2 Å². The second-order valence-corrected chi connectivity index (χ2v) is 7.45. The van der Waals surface area contributed by atoms with Crippen molar-refractivity contribution in [2.75, 3.05) is 0 Å². The molecule has 3 rings (SSSR count). The zero-order valence-corrected chi connectivity index (χ0v) is 12.1. The minimum atomic E-state index is -0.825. The van der Waals surface area contributed by atoms with E-state index in [0.717, 1.165) is 25.7 Å². The SMILES string of the molecule is CC1(C)CCC(NC(=O)C2C3C=CC(C3)C2C(=O)O)C1. The lowest BCUT2D eigenvalue weighted by atomic mass is 9.82. The van der Waals surface area contributed by atoms with Crippen molar-refractivity contribution in [1.29, 1.82) is 0 Å². The van der Waals surface area contributed by atoms with Gasteiger partial charge in [-0.1, -0.05) is 26.0 Å². The van der Waals surface area contributed by atoms with Crippen LogP contribution in [0.1, 0.15) is 39.5 Å². The third kappa shape index (κ3) is 2.25. The average Bonchev–Trinajstić information content (AvgIpc) is 3.02. The molecule has 0 spiro atoms. The molecule has 4 heteroatoms. The first kappa shape index (κ1) is 13.7. The normalized spacial score (nSPS) is 41.0. The molecule has 0 heterocycles. The molecule has 0 aromatic heterocycles. The van der Waals surface area contributed by atoms with Crippen molar-refractivity contribution in [3.63, 3.8) is 0 Å². The summed E-state index contributed by atoms with van der Waals surface area (Å²) in [6.07, 6.45) is 7.96. The van der Waals surface area contributed by atoms with Crippen LogP contribution >= 0.6 is 0 Å². The first-order valence-electron chi connectivity index (χ1n) is 7.59. The van der Waals surface area contributed by atoms with E-state index in [1.807, 2.05) is 12.2 Å². The molecule has 0 saturated heterocycles. The highest BCUT2D eigenvalue weighted by molar-refractivity contribution is 5.87. The van der Waals surface area contributed by atoms with Crippen molar-refractivity contribution in [2.45, 2.75) is 45.6 Å². The maximum absolute atomic E-state index is 12.5. The topological polar surface area (TPSA) is 66.4 Å². The number of nitrogens with one attached hydrogen (secondary N) is 1. The molecule has 2 saturated carbocycles. The molecule has 3 aliphatic carbocycles.